The minimum atomic E-state index is 0.0624. The van der Waals surface area contributed by atoms with Crippen LogP contribution in [0, 0.1) is 0 Å². The number of aliphatic imine (C=N–C) groups is 1. The number of thiophene rings is 1. The van der Waals surface area contributed by atoms with Crippen molar-refractivity contribution in [1.82, 2.24) is 9.88 Å². The minimum Gasteiger partial charge on any atom is -0.363 e. The van der Waals surface area contributed by atoms with E-state index in [1.807, 2.05) is 11.3 Å². The SMILES string of the molecule is C=C1/N=C(/c2cccc3c2sc2ccccc23)NC(c2ccccc2)CCCc2cccc3c4c5ccccc5ccc4n(c23)-c2ccccc21. The van der Waals surface area contributed by atoms with Gasteiger partial charge in [0, 0.05) is 42.1 Å². The van der Waals surface area contributed by atoms with Gasteiger partial charge in [-0.2, -0.15) is 0 Å². The van der Waals surface area contributed by atoms with Gasteiger partial charge in [-0.15, -0.1) is 11.3 Å². The summed E-state index contributed by atoms with van der Waals surface area (Å²) in [5.74, 6) is 0.853. The Morgan fingerprint density at radius 3 is 2.29 bits per heavy atom. The molecule has 244 valence electrons. The zero-order valence-electron chi connectivity index (χ0n) is 28.1. The number of nitrogens with zero attached hydrogens (tertiary/aromatic N) is 2. The Labute approximate surface area is 300 Å². The van der Waals surface area contributed by atoms with Crippen LogP contribution in [0.5, 0.6) is 0 Å². The molecule has 9 aromatic rings. The Morgan fingerprint density at radius 2 is 1.37 bits per heavy atom. The lowest BCUT2D eigenvalue weighted by Gasteiger charge is -2.23. The van der Waals surface area contributed by atoms with E-state index in [2.05, 4.69) is 162 Å². The van der Waals surface area contributed by atoms with Gasteiger partial charge in [-0.3, -0.25) is 0 Å². The molecule has 51 heavy (non-hydrogen) atoms. The molecule has 0 bridgehead atoms. The first-order valence-electron chi connectivity index (χ1n) is 17.8. The van der Waals surface area contributed by atoms with Crippen LogP contribution < -0.4 is 5.32 Å². The second kappa shape index (κ2) is 12.1. The van der Waals surface area contributed by atoms with Gasteiger partial charge >= 0.3 is 0 Å². The fourth-order valence-corrected chi connectivity index (χ4v) is 9.46. The summed E-state index contributed by atoms with van der Waals surface area (Å²) >= 11 is 1.83. The van der Waals surface area contributed by atoms with E-state index in [1.165, 1.54) is 63.9 Å². The fourth-order valence-electron chi connectivity index (χ4n) is 8.24. The van der Waals surface area contributed by atoms with Crippen LogP contribution in [0.3, 0.4) is 0 Å². The fraction of sp³-hybridized carbons (Fsp3) is 0.0851. The van der Waals surface area contributed by atoms with Gasteiger partial charge < -0.3 is 9.88 Å². The Kier molecular flexibility index (Phi) is 7.10. The summed E-state index contributed by atoms with van der Waals surface area (Å²) < 4.78 is 5.00. The average Bonchev–Trinajstić information content (AvgIpc) is 3.74. The summed E-state index contributed by atoms with van der Waals surface area (Å²) in [6.07, 6.45) is 2.92. The molecule has 4 heteroatoms. The first-order valence-corrected chi connectivity index (χ1v) is 18.6. The summed E-state index contributed by atoms with van der Waals surface area (Å²) in [5, 5.41) is 11.6. The molecule has 1 aliphatic heterocycles. The molecule has 10 rings (SSSR count). The van der Waals surface area contributed by atoms with Gasteiger partial charge in [0.05, 0.1) is 28.5 Å². The Bertz CT molecular complexity index is 2840. The van der Waals surface area contributed by atoms with Crippen LogP contribution in [0.25, 0.3) is 64.1 Å². The van der Waals surface area contributed by atoms with Gasteiger partial charge in [-0.25, -0.2) is 4.99 Å². The first-order chi connectivity index (χ1) is 25.2. The van der Waals surface area contributed by atoms with Crippen molar-refractivity contribution in [3.05, 3.63) is 180 Å². The third kappa shape index (κ3) is 4.90. The molecule has 0 fully saturated rings. The van der Waals surface area contributed by atoms with Gasteiger partial charge in [0.15, 0.2) is 0 Å². The number of rotatable bonds is 2. The molecule has 0 radical (unpaired) electrons. The van der Waals surface area contributed by atoms with Crippen molar-refractivity contribution in [2.24, 2.45) is 4.99 Å². The number of para-hydroxylation sites is 2. The molecule has 1 aliphatic rings. The molecule has 0 aliphatic carbocycles. The van der Waals surface area contributed by atoms with Gasteiger partial charge in [0.1, 0.15) is 5.84 Å². The van der Waals surface area contributed by atoms with Gasteiger partial charge in [0.2, 0.25) is 0 Å². The highest BCUT2D eigenvalue weighted by Crippen LogP contribution is 2.41. The summed E-state index contributed by atoms with van der Waals surface area (Å²) in [7, 11) is 0. The van der Waals surface area contributed by atoms with Crippen molar-refractivity contribution in [2.75, 3.05) is 0 Å². The molecule has 0 amide bonds. The number of aromatic nitrogens is 1. The average molecular weight is 674 g/mol. The number of amidine groups is 1. The summed E-state index contributed by atoms with van der Waals surface area (Å²) in [6.45, 7) is 4.70. The van der Waals surface area contributed by atoms with E-state index in [0.717, 1.165) is 47.6 Å². The number of hydrogen-bond donors (Lipinski definition) is 1. The molecular formula is C47H35N3S. The monoisotopic (exact) mass is 673 g/mol. The third-order valence-electron chi connectivity index (χ3n) is 10.6. The van der Waals surface area contributed by atoms with Crippen LogP contribution in [0.15, 0.2) is 163 Å². The molecule has 7 aromatic carbocycles. The predicted molar refractivity (Wildman–Crippen MR) is 218 cm³/mol. The topological polar surface area (TPSA) is 29.3 Å². The Balaban J connectivity index is 1.25. The predicted octanol–water partition coefficient (Wildman–Crippen LogP) is 12.4. The van der Waals surface area contributed by atoms with Crippen molar-refractivity contribution in [3.8, 4) is 5.69 Å². The molecule has 1 atom stereocenters. The van der Waals surface area contributed by atoms with Gasteiger partial charge in [-0.1, -0.05) is 134 Å². The minimum absolute atomic E-state index is 0.0624. The quantitative estimate of drug-likeness (QED) is 0.194. The lowest BCUT2D eigenvalue weighted by Crippen LogP contribution is -2.29. The highest BCUT2D eigenvalue weighted by molar-refractivity contribution is 7.26. The van der Waals surface area contributed by atoms with Crippen LogP contribution in [0.4, 0.5) is 0 Å². The smallest absolute Gasteiger partial charge is 0.135 e. The molecular weight excluding hydrogens is 639 g/mol. The van der Waals surface area contributed by atoms with E-state index in [0.29, 0.717) is 0 Å². The molecule has 1 unspecified atom stereocenters. The van der Waals surface area contributed by atoms with Gasteiger partial charge in [-0.05, 0) is 65.4 Å². The van der Waals surface area contributed by atoms with E-state index >= 15 is 0 Å². The summed E-state index contributed by atoms with van der Waals surface area (Å²) in [4.78, 5) is 5.49. The number of hydrogen-bond acceptors (Lipinski definition) is 3. The van der Waals surface area contributed by atoms with Crippen molar-refractivity contribution >= 4 is 75.6 Å². The standard InChI is InChI=1S/C47H35N3S/c1-30-34-19-7-9-26-41(34)50-42-29-28-31-14-5-6-20-35(31)44(42)38-23-11-17-33(45(38)50)18-12-25-40(32-15-3-2-4-16-32)49-47(48-30)39-24-13-22-37-36-21-8-10-27-43(36)51-46(37)39/h2-11,13-17,19-24,26-29,40H,1,12,18,25H2,(H,48,49). The molecule has 0 spiro atoms. The Morgan fingerprint density at radius 1 is 0.647 bits per heavy atom. The number of nitrogens with one attached hydrogen (secondary N) is 1. The first kappa shape index (κ1) is 29.9. The van der Waals surface area contributed by atoms with E-state index in [1.54, 1.807) is 0 Å². The van der Waals surface area contributed by atoms with Crippen LogP contribution >= 0.6 is 11.3 Å². The molecule has 2 aromatic heterocycles. The maximum Gasteiger partial charge on any atom is 0.135 e. The molecule has 0 saturated carbocycles. The summed E-state index contributed by atoms with van der Waals surface area (Å²) in [6, 6.07) is 55.1. The zero-order valence-corrected chi connectivity index (χ0v) is 29.0. The van der Waals surface area contributed by atoms with Crippen LogP contribution in [0.2, 0.25) is 0 Å². The largest absolute Gasteiger partial charge is 0.363 e. The number of benzene rings is 7. The highest BCUT2D eigenvalue weighted by Gasteiger charge is 2.23. The highest BCUT2D eigenvalue weighted by atomic mass is 32.1. The van der Waals surface area contributed by atoms with Crippen LogP contribution in [-0.4, -0.2) is 10.4 Å². The molecule has 0 saturated heterocycles. The van der Waals surface area contributed by atoms with Crippen molar-refractivity contribution in [2.45, 2.75) is 25.3 Å². The van der Waals surface area contributed by atoms with E-state index in [9.17, 15) is 0 Å². The van der Waals surface area contributed by atoms with E-state index < -0.39 is 0 Å². The summed E-state index contributed by atoms with van der Waals surface area (Å²) in [5.41, 5.74) is 9.02. The second-order valence-corrected chi connectivity index (χ2v) is 14.6. The number of aryl methyl sites for hydroxylation is 1. The van der Waals surface area contributed by atoms with Gasteiger partial charge in [0.25, 0.3) is 0 Å². The van der Waals surface area contributed by atoms with Crippen LogP contribution in [-0.2, 0) is 6.42 Å². The maximum absolute atomic E-state index is 5.49. The van der Waals surface area contributed by atoms with Crippen molar-refractivity contribution < 1.29 is 0 Å². The van der Waals surface area contributed by atoms with Crippen molar-refractivity contribution in [3.63, 3.8) is 0 Å². The second-order valence-electron chi connectivity index (χ2n) is 13.5. The third-order valence-corrected chi connectivity index (χ3v) is 11.8. The molecule has 1 N–H and O–H groups in total. The van der Waals surface area contributed by atoms with E-state index in [4.69, 9.17) is 11.6 Å². The maximum atomic E-state index is 5.49. The van der Waals surface area contributed by atoms with Crippen LogP contribution in [0.1, 0.15) is 41.1 Å². The lowest BCUT2D eigenvalue weighted by atomic mass is 9.97. The molecule has 3 heterocycles. The normalized spacial score (nSPS) is 16.4. The Hall–Kier alpha value is -5.97. The van der Waals surface area contributed by atoms with E-state index in [-0.39, 0.29) is 6.04 Å². The molecule has 3 nitrogen and oxygen atoms in total. The number of fused-ring (bicyclic) bond motifs is 10. The van der Waals surface area contributed by atoms with Crippen molar-refractivity contribution in [1.29, 1.82) is 0 Å². The lowest BCUT2D eigenvalue weighted by molar-refractivity contribution is 0.563. The zero-order chi connectivity index (χ0) is 33.9.